The van der Waals surface area contributed by atoms with Gasteiger partial charge in [-0.05, 0) is 6.92 Å². The van der Waals surface area contributed by atoms with E-state index in [1.807, 2.05) is 0 Å². The van der Waals surface area contributed by atoms with Crippen LogP contribution in [0.5, 0.6) is 17.2 Å². The molecule has 0 saturated heterocycles. The van der Waals surface area contributed by atoms with Gasteiger partial charge in [-0.1, -0.05) is 0 Å². The molecule has 1 aliphatic heterocycles. The van der Waals surface area contributed by atoms with Crippen molar-refractivity contribution in [1.29, 1.82) is 0 Å². The Kier molecular flexibility index (Phi) is 3.27. The highest BCUT2D eigenvalue weighted by Gasteiger charge is 2.29. The Hall–Kier alpha value is -1.98. The summed E-state index contributed by atoms with van der Waals surface area (Å²) >= 11 is 0. The van der Waals surface area contributed by atoms with Crippen LogP contribution >= 0.6 is 0 Å². The molecule has 1 aliphatic rings. The van der Waals surface area contributed by atoms with Crippen LogP contribution in [-0.4, -0.2) is 29.4 Å². The zero-order chi connectivity index (χ0) is 13.3. The van der Waals surface area contributed by atoms with Crippen molar-refractivity contribution in [2.45, 2.75) is 19.3 Å². The van der Waals surface area contributed by atoms with Crippen molar-refractivity contribution in [2.75, 3.05) is 13.2 Å². The predicted octanol–water partition coefficient (Wildman–Crippen LogP) is 1.88. The van der Waals surface area contributed by atoms with E-state index in [1.54, 1.807) is 0 Å². The third-order valence-electron chi connectivity index (χ3n) is 2.80. The lowest BCUT2D eigenvalue weighted by Crippen LogP contribution is -2.11. The van der Waals surface area contributed by atoms with Gasteiger partial charge in [0, 0.05) is 12.5 Å². The zero-order valence-corrected chi connectivity index (χ0v) is 9.77. The monoisotopic (exact) mass is 256 g/mol. The van der Waals surface area contributed by atoms with Gasteiger partial charge < -0.3 is 19.7 Å². The maximum absolute atomic E-state index is 13.5. The molecule has 0 amide bonds. The van der Waals surface area contributed by atoms with Gasteiger partial charge in [0.25, 0.3) is 0 Å². The number of rotatable bonds is 2. The molecule has 98 valence electrons. The Morgan fingerprint density at radius 3 is 2.78 bits per heavy atom. The van der Waals surface area contributed by atoms with E-state index < -0.39 is 23.5 Å². The number of hydrogen-bond acceptors (Lipinski definition) is 4. The van der Waals surface area contributed by atoms with Crippen LogP contribution in [0, 0.1) is 5.82 Å². The Bertz CT molecular complexity index is 486. The lowest BCUT2D eigenvalue weighted by Gasteiger charge is -2.17. The number of ether oxygens (including phenoxy) is 2. The maximum atomic E-state index is 13.5. The van der Waals surface area contributed by atoms with Crippen molar-refractivity contribution in [3.63, 3.8) is 0 Å². The van der Waals surface area contributed by atoms with E-state index >= 15 is 0 Å². The molecule has 18 heavy (non-hydrogen) atoms. The summed E-state index contributed by atoms with van der Waals surface area (Å²) in [6.07, 6.45) is 0.609. The summed E-state index contributed by atoms with van der Waals surface area (Å²) in [7, 11) is 0. The quantitative estimate of drug-likeness (QED) is 0.844. The van der Waals surface area contributed by atoms with Crippen molar-refractivity contribution in [2.24, 2.45) is 0 Å². The molecule has 1 aromatic carbocycles. The van der Waals surface area contributed by atoms with Gasteiger partial charge in [-0.3, -0.25) is 4.79 Å². The summed E-state index contributed by atoms with van der Waals surface area (Å²) in [6.45, 7) is 2.04. The number of benzene rings is 1. The molecule has 6 heteroatoms. The third-order valence-corrected chi connectivity index (χ3v) is 2.80. The summed E-state index contributed by atoms with van der Waals surface area (Å²) in [6, 6.07) is 1.01. The van der Waals surface area contributed by atoms with E-state index in [-0.39, 0.29) is 17.1 Å². The van der Waals surface area contributed by atoms with E-state index in [1.165, 1.54) is 6.92 Å². The van der Waals surface area contributed by atoms with Crippen LogP contribution in [0.1, 0.15) is 24.8 Å². The highest BCUT2D eigenvalue weighted by atomic mass is 19.1. The van der Waals surface area contributed by atoms with Crippen LogP contribution in [0.15, 0.2) is 6.07 Å². The lowest BCUT2D eigenvalue weighted by atomic mass is 9.98. The fourth-order valence-electron chi connectivity index (χ4n) is 1.81. The second-order valence-electron chi connectivity index (χ2n) is 4.06. The standard InChI is InChI=1S/C12H13FO5/c1-6(12(15)16)9-10(14)7(13)5-8-11(9)18-4-2-3-17-8/h5-6,14H,2-4H2,1H3,(H,15,16). The first-order valence-electron chi connectivity index (χ1n) is 5.56. The number of aliphatic carboxylic acids is 1. The van der Waals surface area contributed by atoms with Gasteiger partial charge in [0.2, 0.25) is 0 Å². The van der Waals surface area contributed by atoms with Gasteiger partial charge >= 0.3 is 5.97 Å². The van der Waals surface area contributed by atoms with E-state index in [2.05, 4.69) is 0 Å². The Morgan fingerprint density at radius 1 is 1.44 bits per heavy atom. The number of hydrogen-bond donors (Lipinski definition) is 2. The summed E-state index contributed by atoms with van der Waals surface area (Å²) in [4.78, 5) is 11.0. The number of carboxylic acid groups (broad SMARTS) is 1. The molecule has 0 aliphatic carbocycles. The third kappa shape index (κ3) is 2.05. The molecule has 0 saturated carbocycles. The van der Waals surface area contributed by atoms with Crippen LogP contribution in [-0.2, 0) is 4.79 Å². The number of fused-ring (bicyclic) bond motifs is 1. The van der Waals surface area contributed by atoms with Gasteiger partial charge in [-0.2, -0.15) is 0 Å². The fraction of sp³-hybridized carbons (Fsp3) is 0.417. The minimum absolute atomic E-state index is 0.0839. The number of carboxylic acids is 1. The summed E-state index contributed by atoms with van der Waals surface area (Å²) < 4.78 is 24.2. The molecule has 1 unspecified atom stereocenters. The minimum Gasteiger partial charge on any atom is -0.505 e. The van der Waals surface area contributed by atoms with Gasteiger partial charge in [0.15, 0.2) is 23.1 Å². The molecule has 0 spiro atoms. The normalized spacial score (nSPS) is 15.9. The molecule has 0 aromatic heterocycles. The van der Waals surface area contributed by atoms with E-state index in [4.69, 9.17) is 14.6 Å². The van der Waals surface area contributed by atoms with E-state index in [0.717, 1.165) is 6.07 Å². The number of carbonyl (C=O) groups is 1. The molecule has 1 aromatic rings. The molecule has 1 atom stereocenters. The zero-order valence-electron chi connectivity index (χ0n) is 9.77. The topological polar surface area (TPSA) is 76.0 Å². The first-order chi connectivity index (χ1) is 8.52. The van der Waals surface area contributed by atoms with Crippen molar-refractivity contribution in [3.8, 4) is 17.2 Å². The molecule has 5 nitrogen and oxygen atoms in total. The van der Waals surface area contributed by atoms with Gasteiger partial charge in [0.05, 0.1) is 24.7 Å². The summed E-state index contributed by atoms with van der Waals surface area (Å²) in [5.74, 6) is -3.63. The molecule has 0 radical (unpaired) electrons. The van der Waals surface area contributed by atoms with Gasteiger partial charge in [-0.25, -0.2) is 4.39 Å². The van der Waals surface area contributed by atoms with Gasteiger partial charge in [0.1, 0.15) is 0 Å². The van der Waals surface area contributed by atoms with Crippen molar-refractivity contribution >= 4 is 5.97 Å². The smallest absolute Gasteiger partial charge is 0.310 e. The van der Waals surface area contributed by atoms with Crippen molar-refractivity contribution < 1.29 is 28.9 Å². The number of aromatic hydroxyl groups is 1. The average molecular weight is 256 g/mol. The largest absolute Gasteiger partial charge is 0.505 e. The maximum Gasteiger partial charge on any atom is 0.310 e. The van der Waals surface area contributed by atoms with Crippen molar-refractivity contribution in [3.05, 3.63) is 17.4 Å². The van der Waals surface area contributed by atoms with Crippen LogP contribution in [0.4, 0.5) is 4.39 Å². The first-order valence-corrected chi connectivity index (χ1v) is 5.56. The number of phenols is 1. The molecule has 2 rings (SSSR count). The molecule has 2 N–H and O–H groups in total. The number of phenolic OH excluding ortho intramolecular Hbond substituents is 1. The SMILES string of the molecule is CC(C(=O)O)c1c(O)c(F)cc2c1OCCCO2. The van der Waals surface area contributed by atoms with E-state index in [9.17, 15) is 14.3 Å². The van der Waals surface area contributed by atoms with Crippen LogP contribution in [0.2, 0.25) is 0 Å². The first kappa shape index (κ1) is 12.5. The van der Waals surface area contributed by atoms with Crippen molar-refractivity contribution in [1.82, 2.24) is 0 Å². The molecular formula is C12H13FO5. The molecular weight excluding hydrogens is 243 g/mol. The Labute approximate surface area is 103 Å². The molecule has 0 fully saturated rings. The highest BCUT2D eigenvalue weighted by molar-refractivity contribution is 5.79. The molecule has 0 bridgehead atoms. The second kappa shape index (κ2) is 4.72. The van der Waals surface area contributed by atoms with Crippen LogP contribution < -0.4 is 9.47 Å². The summed E-state index contributed by atoms with van der Waals surface area (Å²) in [5.41, 5.74) is -0.0839. The second-order valence-corrected chi connectivity index (χ2v) is 4.06. The highest BCUT2D eigenvalue weighted by Crippen LogP contribution is 2.44. The summed E-state index contributed by atoms with van der Waals surface area (Å²) in [5, 5.41) is 18.7. The predicted molar refractivity (Wildman–Crippen MR) is 59.7 cm³/mol. The number of halogens is 1. The van der Waals surface area contributed by atoms with Crippen LogP contribution in [0.25, 0.3) is 0 Å². The van der Waals surface area contributed by atoms with Gasteiger partial charge in [-0.15, -0.1) is 0 Å². The lowest BCUT2D eigenvalue weighted by molar-refractivity contribution is -0.138. The molecule has 1 heterocycles. The average Bonchev–Trinajstić information content (AvgIpc) is 2.55. The Morgan fingerprint density at radius 2 is 2.11 bits per heavy atom. The fourth-order valence-corrected chi connectivity index (χ4v) is 1.81. The van der Waals surface area contributed by atoms with Crippen LogP contribution in [0.3, 0.4) is 0 Å². The van der Waals surface area contributed by atoms with E-state index in [0.29, 0.717) is 19.6 Å². The Balaban J connectivity index is 2.61. The minimum atomic E-state index is -1.18.